The Morgan fingerprint density at radius 3 is 2.29 bits per heavy atom. The number of pyridine rings is 1. The monoisotopic (exact) mass is 292 g/mol. The van der Waals surface area contributed by atoms with Gasteiger partial charge in [0.25, 0.3) is 0 Å². The molecule has 1 heterocycles. The van der Waals surface area contributed by atoms with Crippen molar-refractivity contribution < 1.29 is 13.5 Å². The van der Waals surface area contributed by atoms with Gasteiger partial charge in [-0.1, -0.05) is 13.8 Å². The minimum Gasteiger partial charge on any atom is -0.483 e. The quantitative estimate of drug-likeness (QED) is 0.885. The predicted octanol–water partition coefficient (Wildman–Crippen LogP) is 3.44. The van der Waals surface area contributed by atoms with Crippen molar-refractivity contribution in [2.75, 3.05) is 0 Å². The molecular weight excluding hydrogens is 274 g/mol. The number of nitrogens with zero attached hydrogens (tertiary/aromatic N) is 1. The minimum absolute atomic E-state index is 0.0972. The molecule has 0 fully saturated rings. The molecule has 21 heavy (non-hydrogen) atoms. The summed E-state index contributed by atoms with van der Waals surface area (Å²) in [4.78, 5) is 3.87. The molecule has 0 saturated carbocycles. The minimum atomic E-state index is -0.690. The van der Waals surface area contributed by atoms with E-state index in [1.807, 2.05) is 13.8 Å². The first-order valence-corrected chi connectivity index (χ1v) is 6.79. The fraction of sp³-hybridized carbons (Fsp3) is 0.312. The van der Waals surface area contributed by atoms with Crippen LogP contribution < -0.4 is 10.1 Å². The first-order valence-electron chi connectivity index (χ1n) is 6.79. The van der Waals surface area contributed by atoms with Crippen LogP contribution in [0.2, 0.25) is 0 Å². The molecule has 2 rings (SSSR count). The van der Waals surface area contributed by atoms with E-state index < -0.39 is 11.6 Å². The number of nitrogens with one attached hydrogen (secondary N) is 1. The number of halogens is 2. The fourth-order valence-corrected chi connectivity index (χ4v) is 1.81. The number of rotatable bonds is 6. The topological polar surface area (TPSA) is 34.1 Å². The van der Waals surface area contributed by atoms with Crippen LogP contribution in [0.4, 0.5) is 8.78 Å². The lowest BCUT2D eigenvalue weighted by molar-refractivity contribution is 0.273. The largest absolute Gasteiger partial charge is 0.483 e. The molecule has 0 amide bonds. The third-order valence-corrected chi connectivity index (χ3v) is 2.91. The van der Waals surface area contributed by atoms with Gasteiger partial charge >= 0.3 is 0 Å². The van der Waals surface area contributed by atoms with E-state index in [-0.39, 0.29) is 18.4 Å². The van der Waals surface area contributed by atoms with E-state index in [0.717, 1.165) is 5.56 Å². The van der Waals surface area contributed by atoms with E-state index in [2.05, 4.69) is 10.3 Å². The molecule has 0 radical (unpaired) electrons. The summed E-state index contributed by atoms with van der Waals surface area (Å²) < 4.78 is 33.1. The summed E-state index contributed by atoms with van der Waals surface area (Å²) in [7, 11) is 0. The first kappa shape index (κ1) is 15.4. The molecule has 0 aliphatic heterocycles. The van der Waals surface area contributed by atoms with Gasteiger partial charge < -0.3 is 10.1 Å². The molecule has 1 aromatic heterocycles. The Morgan fingerprint density at radius 2 is 1.71 bits per heavy atom. The maximum absolute atomic E-state index is 13.9. The van der Waals surface area contributed by atoms with Crippen molar-refractivity contribution in [2.24, 2.45) is 0 Å². The van der Waals surface area contributed by atoms with Crippen LogP contribution in [-0.4, -0.2) is 11.0 Å². The highest BCUT2D eigenvalue weighted by molar-refractivity contribution is 5.31. The van der Waals surface area contributed by atoms with E-state index in [9.17, 15) is 8.78 Å². The van der Waals surface area contributed by atoms with Crippen LogP contribution in [0.1, 0.15) is 25.0 Å². The lowest BCUT2D eigenvalue weighted by atomic mass is 10.2. The Balaban J connectivity index is 2.06. The number of benzene rings is 1. The van der Waals surface area contributed by atoms with Crippen LogP contribution in [0.3, 0.4) is 0 Å². The number of aromatic nitrogens is 1. The van der Waals surface area contributed by atoms with Gasteiger partial charge in [0.05, 0.1) is 0 Å². The Labute approximate surface area is 123 Å². The maximum Gasteiger partial charge on any atom is 0.191 e. The van der Waals surface area contributed by atoms with Gasteiger partial charge in [0, 0.05) is 25.0 Å². The first-order chi connectivity index (χ1) is 10.1. The molecule has 5 heteroatoms. The molecular formula is C16H18F2N2O. The molecule has 2 aromatic rings. The molecule has 0 bridgehead atoms. The van der Waals surface area contributed by atoms with Crippen LogP contribution >= 0.6 is 0 Å². The van der Waals surface area contributed by atoms with Crippen molar-refractivity contribution in [3.63, 3.8) is 0 Å². The van der Waals surface area contributed by atoms with Crippen LogP contribution in [-0.2, 0) is 13.2 Å². The molecule has 0 aliphatic rings. The van der Waals surface area contributed by atoms with Crippen molar-refractivity contribution in [3.05, 3.63) is 59.4 Å². The van der Waals surface area contributed by atoms with Crippen molar-refractivity contribution in [2.45, 2.75) is 33.0 Å². The zero-order valence-electron chi connectivity index (χ0n) is 12.1. The summed E-state index contributed by atoms with van der Waals surface area (Å²) in [5.41, 5.74) is 1.35. The number of ether oxygens (including phenoxy) is 1. The third-order valence-electron chi connectivity index (χ3n) is 2.91. The van der Waals surface area contributed by atoms with Gasteiger partial charge in [0.15, 0.2) is 17.4 Å². The van der Waals surface area contributed by atoms with Crippen LogP contribution in [0.5, 0.6) is 5.75 Å². The second kappa shape index (κ2) is 7.13. The standard InChI is InChI=1S/C16H18F2N2O/c1-11(2)20-9-13-7-14(17)16(15(18)8-13)21-10-12-3-5-19-6-4-12/h3-8,11,20H,9-10H2,1-2H3. The van der Waals surface area contributed by atoms with Crippen LogP contribution in [0.25, 0.3) is 0 Å². The molecule has 0 atom stereocenters. The Hall–Kier alpha value is -2.01. The maximum atomic E-state index is 13.9. The number of hydrogen-bond donors (Lipinski definition) is 1. The average Bonchev–Trinajstić information content (AvgIpc) is 2.45. The highest BCUT2D eigenvalue weighted by atomic mass is 19.1. The molecule has 0 saturated heterocycles. The van der Waals surface area contributed by atoms with Gasteiger partial charge in [-0.2, -0.15) is 0 Å². The van der Waals surface area contributed by atoms with Crippen LogP contribution in [0, 0.1) is 11.6 Å². The summed E-state index contributed by atoms with van der Waals surface area (Å²) >= 11 is 0. The van der Waals surface area contributed by atoms with Crippen molar-refractivity contribution in [1.29, 1.82) is 0 Å². The second-order valence-corrected chi connectivity index (χ2v) is 5.07. The normalized spacial score (nSPS) is 10.9. The van der Waals surface area contributed by atoms with Gasteiger partial charge in [-0.05, 0) is 35.4 Å². The third kappa shape index (κ3) is 4.49. The Morgan fingerprint density at radius 1 is 1.10 bits per heavy atom. The molecule has 1 N–H and O–H groups in total. The predicted molar refractivity (Wildman–Crippen MR) is 76.9 cm³/mol. The SMILES string of the molecule is CC(C)NCc1cc(F)c(OCc2ccncc2)c(F)c1. The van der Waals surface area contributed by atoms with Crippen LogP contribution in [0.15, 0.2) is 36.7 Å². The Bertz CT molecular complexity index is 565. The number of hydrogen-bond acceptors (Lipinski definition) is 3. The highest BCUT2D eigenvalue weighted by Gasteiger charge is 2.13. The summed E-state index contributed by atoms with van der Waals surface area (Å²) in [5.74, 6) is -1.73. The van der Waals surface area contributed by atoms with Gasteiger partial charge in [0.2, 0.25) is 0 Å². The van der Waals surface area contributed by atoms with Crippen molar-refractivity contribution in [1.82, 2.24) is 10.3 Å². The Kier molecular flexibility index (Phi) is 5.22. The highest BCUT2D eigenvalue weighted by Crippen LogP contribution is 2.24. The van der Waals surface area contributed by atoms with E-state index in [4.69, 9.17) is 4.74 Å². The van der Waals surface area contributed by atoms with Gasteiger partial charge in [-0.25, -0.2) is 8.78 Å². The fourth-order valence-electron chi connectivity index (χ4n) is 1.81. The van der Waals surface area contributed by atoms with Gasteiger partial charge in [-0.3, -0.25) is 4.98 Å². The zero-order chi connectivity index (χ0) is 15.2. The van der Waals surface area contributed by atoms with Gasteiger partial charge in [-0.15, -0.1) is 0 Å². The lowest BCUT2D eigenvalue weighted by Gasteiger charge is -2.12. The summed E-state index contributed by atoms with van der Waals surface area (Å²) in [6.45, 7) is 4.45. The summed E-state index contributed by atoms with van der Waals surface area (Å²) in [6.07, 6.45) is 3.21. The summed E-state index contributed by atoms with van der Waals surface area (Å²) in [5, 5.41) is 3.11. The van der Waals surface area contributed by atoms with Gasteiger partial charge in [0.1, 0.15) is 6.61 Å². The van der Waals surface area contributed by atoms with E-state index in [1.165, 1.54) is 12.1 Å². The van der Waals surface area contributed by atoms with Crippen molar-refractivity contribution >= 4 is 0 Å². The average molecular weight is 292 g/mol. The van der Waals surface area contributed by atoms with E-state index in [0.29, 0.717) is 12.1 Å². The summed E-state index contributed by atoms with van der Waals surface area (Å²) in [6, 6.07) is 6.30. The van der Waals surface area contributed by atoms with E-state index >= 15 is 0 Å². The molecule has 112 valence electrons. The lowest BCUT2D eigenvalue weighted by Crippen LogP contribution is -2.22. The van der Waals surface area contributed by atoms with E-state index in [1.54, 1.807) is 24.5 Å². The molecule has 3 nitrogen and oxygen atoms in total. The zero-order valence-corrected chi connectivity index (χ0v) is 12.1. The molecule has 0 unspecified atom stereocenters. The second-order valence-electron chi connectivity index (χ2n) is 5.07. The molecule has 1 aromatic carbocycles. The molecule has 0 spiro atoms. The van der Waals surface area contributed by atoms with Crippen molar-refractivity contribution in [3.8, 4) is 5.75 Å². The smallest absolute Gasteiger partial charge is 0.191 e. The molecule has 0 aliphatic carbocycles.